The summed E-state index contributed by atoms with van der Waals surface area (Å²) in [6, 6.07) is 0. The van der Waals surface area contributed by atoms with Crippen LogP contribution in [0.25, 0.3) is 0 Å². The second-order valence-electron chi connectivity index (χ2n) is 5.65. The lowest BCUT2D eigenvalue weighted by atomic mass is 10.1. The highest BCUT2D eigenvalue weighted by Gasteiger charge is 2.35. The standard InChI is InChI=1S/C14H16F3N5O/c1-8-18-5-9(21(8)2)6-22-4-3-11-10(7-22)12(23)20-13(19-11)14(15,16)17/h5H,3-4,6-7H2,1-2H3,(H,19,20,23). The number of aromatic amines is 1. The molecule has 0 amide bonds. The Morgan fingerprint density at radius 3 is 2.74 bits per heavy atom. The molecule has 0 fully saturated rings. The number of aryl methyl sites for hydroxylation is 1. The molecule has 0 bridgehead atoms. The number of halogens is 3. The van der Waals surface area contributed by atoms with Crippen molar-refractivity contribution >= 4 is 0 Å². The number of nitrogens with one attached hydrogen (secondary N) is 1. The molecule has 6 nitrogen and oxygen atoms in total. The molecule has 0 atom stereocenters. The van der Waals surface area contributed by atoms with E-state index in [1.165, 1.54) is 0 Å². The molecule has 0 spiro atoms. The van der Waals surface area contributed by atoms with Crippen molar-refractivity contribution in [3.8, 4) is 0 Å². The number of H-pyrrole nitrogens is 1. The van der Waals surface area contributed by atoms with Crippen LogP contribution in [0.4, 0.5) is 13.2 Å². The largest absolute Gasteiger partial charge is 0.449 e. The predicted octanol–water partition coefficient (Wildman–Crippen LogP) is 1.39. The molecular weight excluding hydrogens is 311 g/mol. The van der Waals surface area contributed by atoms with Crippen molar-refractivity contribution in [1.29, 1.82) is 0 Å². The van der Waals surface area contributed by atoms with Gasteiger partial charge in [-0.3, -0.25) is 9.69 Å². The van der Waals surface area contributed by atoms with E-state index in [1.807, 2.05) is 28.4 Å². The van der Waals surface area contributed by atoms with E-state index in [1.54, 1.807) is 6.20 Å². The maximum Gasteiger partial charge on any atom is 0.449 e. The van der Waals surface area contributed by atoms with E-state index in [-0.39, 0.29) is 12.2 Å². The minimum absolute atomic E-state index is 0.235. The van der Waals surface area contributed by atoms with E-state index < -0.39 is 17.6 Å². The molecule has 9 heteroatoms. The molecule has 23 heavy (non-hydrogen) atoms. The van der Waals surface area contributed by atoms with Gasteiger partial charge in [0.25, 0.3) is 5.56 Å². The monoisotopic (exact) mass is 327 g/mol. The minimum Gasteiger partial charge on any atom is -0.334 e. The molecule has 2 aromatic heterocycles. The van der Waals surface area contributed by atoms with Gasteiger partial charge in [-0.25, -0.2) is 9.97 Å². The van der Waals surface area contributed by atoms with Gasteiger partial charge in [0.15, 0.2) is 0 Å². The van der Waals surface area contributed by atoms with Gasteiger partial charge in [0, 0.05) is 39.3 Å². The molecule has 1 aliphatic rings. The van der Waals surface area contributed by atoms with Crippen molar-refractivity contribution in [2.75, 3.05) is 6.54 Å². The third-order valence-corrected chi connectivity index (χ3v) is 4.12. The van der Waals surface area contributed by atoms with Gasteiger partial charge in [0.05, 0.1) is 17.0 Å². The second-order valence-corrected chi connectivity index (χ2v) is 5.65. The molecule has 3 heterocycles. The average molecular weight is 327 g/mol. The third-order valence-electron chi connectivity index (χ3n) is 4.12. The maximum absolute atomic E-state index is 12.7. The zero-order valence-corrected chi connectivity index (χ0v) is 12.7. The lowest BCUT2D eigenvalue weighted by Crippen LogP contribution is -2.37. The smallest absolute Gasteiger partial charge is 0.334 e. The van der Waals surface area contributed by atoms with E-state index in [0.29, 0.717) is 25.1 Å². The molecule has 124 valence electrons. The third kappa shape index (κ3) is 3.00. The fourth-order valence-electron chi connectivity index (χ4n) is 2.68. The van der Waals surface area contributed by atoms with E-state index in [9.17, 15) is 18.0 Å². The topological polar surface area (TPSA) is 66.8 Å². The molecule has 3 rings (SSSR count). The molecule has 0 radical (unpaired) electrons. The summed E-state index contributed by atoms with van der Waals surface area (Å²) in [5, 5.41) is 0. The zero-order chi connectivity index (χ0) is 16.8. The van der Waals surface area contributed by atoms with Crippen LogP contribution in [0.15, 0.2) is 11.0 Å². The first kappa shape index (κ1) is 15.7. The summed E-state index contributed by atoms with van der Waals surface area (Å²) >= 11 is 0. The number of hydrogen-bond donors (Lipinski definition) is 1. The van der Waals surface area contributed by atoms with Crippen molar-refractivity contribution in [2.45, 2.75) is 32.6 Å². The Morgan fingerprint density at radius 1 is 1.39 bits per heavy atom. The highest BCUT2D eigenvalue weighted by atomic mass is 19.4. The van der Waals surface area contributed by atoms with Gasteiger partial charge in [0.1, 0.15) is 5.82 Å². The average Bonchev–Trinajstić information content (AvgIpc) is 2.79. The summed E-state index contributed by atoms with van der Waals surface area (Å²) in [6.07, 6.45) is -2.56. The van der Waals surface area contributed by atoms with Crippen LogP contribution in [-0.2, 0) is 32.7 Å². The summed E-state index contributed by atoms with van der Waals surface area (Å²) in [5.74, 6) is -0.344. The van der Waals surface area contributed by atoms with Gasteiger partial charge < -0.3 is 9.55 Å². The summed E-state index contributed by atoms with van der Waals surface area (Å²) < 4.78 is 40.0. The highest BCUT2D eigenvalue weighted by Crippen LogP contribution is 2.26. The fourth-order valence-corrected chi connectivity index (χ4v) is 2.68. The van der Waals surface area contributed by atoms with Gasteiger partial charge in [-0.2, -0.15) is 13.2 Å². The predicted molar refractivity (Wildman–Crippen MR) is 75.6 cm³/mol. The number of nitrogens with zero attached hydrogens (tertiary/aromatic N) is 4. The molecule has 1 aliphatic heterocycles. The first-order chi connectivity index (χ1) is 10.8. The van der Waals surface area contributed by atoms with Crippen LogP contribution in [0, 0.1) is 6.92 Å². The molecule has 1 N–H and O–H groups in total. The molecule has 0 aliphatic carbocycles. The number of alkyl halides is 3. The number of aromatic nitrogens is 4. The van der Waals surface area contributed by atoms with E-state index >= 15 is 0 Å². The van der Waals surface area contributed by atoms with Crippen LogP contribution in [0.5, 0.6) is 0 Å². The Balaban J connectivity index is 1.84. The highest BCUT2D eigenvalue weighted by molar-refractivity contribution is 5.22. The quantitative estimate of drug-likeness (QED) is 0.905. The van der Waals surface area contributed by atoms with Crippen LogP contribution >= 0.6 is 0 Å². The summed E-state index contributed by atoms with van der Waals surface area (Å²) in [6.45, 7) is 3.30. The van der Waals surface area contributed by atoms with Crippen LogP contribution in [0.3, 0.4) is 0 Å². The van der Waals surface area contributed by atoms with Gasteiger partial charge in [-0.1, -0.05) is 0 Å². The Kier molecular flexibility index (Phi) is 3.75. The minimum atomic E-state index is -4.64. The van der Waals surface area contributed by atoms with Crippen LogP contribution in [-0.4, -0.2) is 31.0 Å². The zero-order valence-electron chi connectivity index (χ0n) is 12.7. The van der Waals surface area contributed by atoms with Crippen LogP contribution < -0.4 is 5.56 Å². The summed E-state index contributed by atoms with van der Waals surface area (Å²) in [5.41, 5.74) is 0.817. The Morgan fingerprint density at radius 2 is 2.13 bits per heavy atom. The van der Waals surface area contributed by atoms with E-state index in [4.69, 9.17) is 0 Å². The maximum atomic E-state index is 12.7. The van der Waals surface area contributed by atoms with Gasteiger partial charge in [-0.05, 0) is 6.92 Å². The Labute approximate surface area is 130 Å². The normalized spacial score (nSPS) is 15.7. The van der Waals surface area contributed by atoms with E-state index in [0.717, 1.165) is 11.5 Å². The number of rotatable bonds is 2. The van der Waals surface area contributed by atoms with Gasteiger partial charge in [0.2, 0.25) is 5.82 Å². The van der Waals surface area contributed by atoms with Crippen molar-refractivity contribution in [2.24, 2.45) is 7.05 Å². The number of imidazole rings is 1. The summed E-state index contributed by atoms with van der Waals surface area (Å²) in [4.78, 5) is 23.6. The molecule has 0 unspecified atom stereocenters. The molecule has 2 aromatic rings. The first-order valence-corrected chi connectivity index (χ1v) is 7.14. The fraction of sp³-hybridized carbons (Fsp3) is 0.500. The SMILES string of the molecule is Cc1ncc(CN2CCc3nc(C(F)(F)F)[nH]c(=O)c3C2)n1C. The van der Waals surface area contributed by atoms with Crippen molar-refractivity contribution < 1.29 is 13.2 Å². The molecule has 0 saturated heterocycles. The lowest BCUT2D eigenvalue weighted by Gasteiger charge is -2.27. The summed E-state index contributed by atoms with van der Waals surface area (Å²) in [7, 11) is 1.90. The lowest BCUT2D eigenvalue weighted by molar-refractivity contribution is -0.145. The van der Waals surface area contributed by atoms with Gasteiger partial charge in [-0.15, -0.1) is 0 Å². The van der Waals surface area contributed by atoms with Gasteiger partial charge >= 0.3 is 6.18 Å². The Bertz CT molecular complexity index is 793. The van der Waals surface area contributed by atoms with Crippen molar-refractivity contribution in [1.82, 2.24) is 24.4 Å². The van der Waals surface area contributed by atoms with Crippen molar-refractivity contribution in [3.63, 3.8) is 0 Å². The second kappa shape index (κ2) is 5.48. The van der Waals surface area contributed by atoms with Crippen LogP contribution in [0.1, 0.15) is 28.6 Å². The number of hydrogen-bond acceptors (Lipinski definition) is 4. The Hall–Kier alpha value is -2.16. The van der Waals surface area contributed by atoms with Crippen LogP contribution in [0.2, 0.25) is 0 Å². The molecule has 0 aromatic carbocycles. The molecular formula is C14H16F3N5O. The first-order valence-electron chi connectivity index (χ1n) is 7.14. The number of fused-ring (bicyclic) bond motifs is 1. The van der Waals surface area contributed by atoms with E-state index in [2.05, 4.69) is 9.97 Å². The molecule has 0 saturated carbocycles. The van der Waals surface area contributed by atoms with Crippen molar-refractivity contribution in [3.05, 3.63) is 45.2 Å².